The molecule has 9 heteroatoms. The smallest absolute Gasteiger partial charge is 0.268 e. The lowest BCUT2D eigenvalue weighted by Gasteiger charge is -2.11. The van der Waals surface area contributed by atoms with Gasteiger partial charge < -0.3 is 14.2 Å². The lowest BCUT2D eigenvalue weighted by Crippen LogP contribution is -2.13. The average Bonchev–Trinajstić information content (AvgIpc) is 3.28. The molecule has 0 aliphatic rings. The Balaban J connectivity index is 1.52. The summed E-state index contributed by atoms with van der Waals surface area (Å²) in [6.45, 7) is 2.75. The van der Waals surface area contributed by atoms with Gasteiger partial charge in [0, 0.05) is 6.42 Å². The highest BCUT2D eigenvalue weighted by atomic mass is 32.1. The number of amides is 1. The highest BCUT2D eigenvalue weighted by Gasteiger charge is 2.13. The summed E-state index contributed by atoms with van der Waals surface area (Å²) in [5.74, 6) is 1.45. The fraction of sp³-hybridized carbons (Fsp3) is 0.250. The van der Waals surface area contributed by atoms with Gasteiger partial charge in [-0.1, -0.05) is 42.5 Å². The van der Waals surface area contributed by atoms with Gasteiger partial charge in [-0.05, 0) is 42.3 Å². The maximum atomic E-state index is 12.4. The molecule has 0 aliphatic heterocycles. The van der Waals surface area contributed by atoms with Crippen LogP contribution in [0.5, 0.6) is 17.2 Å². The molecule has 2 aromatic carbocycles. The van der Waals surface area contributed by atoms with Crippen molar-refractivity contribution in [3.8, 4) is 23.3 Å². The van der Waals surface area contributed by atoms with Crippen LogP contribution in [0.1, 0.15) is 23.9 Å². The molecule has 170 valence electrons. The Hall–Kier alpha value is -3.90. The van der Waals surface area contributed by atoms with E-state index in [-0.39, 0.29) is 5.57 Å². The Bertz CT molecular complexity index is 1140. The van der Waals surface area contributed by atoms with Crippen molar-refractivity contribution in [1.29, 1.82) is 5.26 Å². The van der Waals surface area contributed by atoms with Crippen LogP contribution in [0, 0.1) is 11.3 Å². The average molecular weight is 465 g/mol. The van der Waals surface area contributed by atoms with E-state index in [9.17, 15) is 10.1 Å². The first-order valence-electron chi connectivity index (χ1n) is 10.4. The summed E-state index contributed by atoms with van der Waals surface area (Å²) < 4.78 is 16.6. The molecule has 33 heavy (non-hydrogen) atoms. The molecule has 0 fully saturated rings. The van der Waals surface area contributed by atoms with Gasteiger partial charge >= 0.3 is 0 Å². The van der Waals surface area contributed by atoms with Gasteiger partial charge in [0.1, 0.15) is 35.6 Å². The van der Waals surface area contributed by atoms with E-state index < -0.39 is 5.91 Å². The van der Waals surface area contributed by atoms with Crippen molar-refractivity contribution in [2.45, 2.75) is 19.8 Å². The van der Waals surface area contributed by atoms with Crippen LogP contribution in [0.2, 0.25) is 0 Å². The third-order valence-corrected chi connectivity index (χ3v) is 5.28. The predicted molar refractivity (Wildman–Crippen MR) is 127 cm³/mol. The molecular weight excluding hydrogens is 440 g/mol. The van der Waals surface area contributed by atoms with E-state index in [0.29, 0.717) is 41.2 Å². The third-order valence-electron chi connectivity index (χ3n) is 4.39. The number of benzene rings is 2. The van der Waals surface area contributed by atoms with Gasteiger partial charge in [-0.25, -0.2) is 0 Å². The summed E-state index contributed by atoms with van der Waals surface area (Å²) in [5.41, 5.74) is 0.671. The molecule has 3 rings (SSSR count). The van der Waals surface area contributed by atoms with Crippen molar-refractivity contribution in [3.63, 3.8) is 0 Å². The summed E-state index contributed by atoms with van der Waals surface area (Å²) >= 11 is 1.31. The molecule has 8 nitrogen and oxygen atoms in total. The van der Waals surface area contributed by atoms with Crippen LogP contribution in [0.4, 0.5) is 5.13 Å². The van der Waals surface area contributed by atoms with Gasteiger partial charge in [0.2, 0.25) is 5.13 Å². The molecule has 0 aliphatic carbocycles. The number of aryl methyl sites for hydroxylation is 1. The molecule has 1 N–H and O–H groups in total. The zero-order valence-electron chi connectivity index (χ0n) is 18.4. The number of anilines is 1. The predicted octanol–water partition coefficient (Wildman–Crippen LogP) is 4.50. The normalized spacial score (nSPS) is 10.9. The van der Waals surface area contributed by atoms with Gasteiger partial charge in [0.25, 0.3) is 5.91 Å². The van der Waals surface area contributed by atoms with E-state index in [1.54, 1.807) is 31.4 Å². The second-order valence-electron chi connectivity index (χ2n) is 6.79. The lowest BCUT2D eigenvalue weighted by molar-refractivity contribution is -0.112. The van der Waals surface area contributed by atoms with Gasteiger partial charge in [-0.2, -0.15) is 5.26 Å². The first-order valence-corrected chi connectivity index (χ1v) is 11.2. The molecule has 1 heterocycles. The zero-order valence-corrected chi connectivity index (χ0v) is 19.2. The number of carbonyl (C=O) groups excluding carboxylic acids is 1. The zero-order chi connectivity index (χ0) is 23.5. The molecule has 0 saturated heterocycles. The standard InChI is InChI=1S/C24H24N4O4S/c1-3-6-22-27-28-24(33-22)26-23(29)18(16-25)15-17-9-11-19(12-10-17)31-13-14-32-21-8-5-4-7-20(21)30-2/h4-5,7-12,15H,3,6,13-14H2,1-2H3,(H,26,28,29)/b18-15-. The lowest BCUT2D eigenvalue weighted by atomic mass is 10.1. The van der Waals surface area contributed by atoms with Gasteiger partial charge in [-0.15, -0.1) is 10.2 Å². The van der Waals surface area contributed by atoms with E-state index in [0.717, 1.165) is 17.8 Å². The van der Waals surface area contributed by atoms with Crippen LogP contribution >= 0.6 is 11.3 Å². The Morgan fingerprint density at radius 1 is 1.09 bits per heavy atom. The maximum Gasteiger partial charge on any atom is 0.268 e. The largest absolute Gasteiger partial charge is 0.493 e. The number of nitriles is 1. The van der Waals surface area contributed by atoms with E-state index in [1.807, 2.05) is 37.3 Å². The second-order valence-corrected chi connectivity index (χ2v) is 7.85. The number of rotatable bonds is 11. The molecule has 0 atom stereocenters. The highest BCUT2D eigenvalue weighted by Crippen LogP contribution is 2.25. The van der Waals surface area contributed by atoms with Crippen LogP contribution in [-0.4, -0.2) is 36.4 Å². The van der Waals surface area contributed by atoms with Gasteiger partial charge in [0.05, 0.1) is 7.11 Å². The quantitative estimate of drug-likeness (QED) is 0.253. The number of carbonyl (C=O) groups is 1. The molecule has 0 radical (unpaired) electrons. The van der Waals surface area contributed by atoms with Crippen molar-refractivity contribution in [2.75, 3.05) is 25.6 Å². The van der Waals surface area contributed by atoms with E-state index in [1.165, 1.54) is 17.4 Å². The van der Waals surface area contributed by atoms with Gasteiger partial charge in [0.15, 0.2) is 11.5 Å². The molecule has 0 saturated carbocycles. The van der Waals surface area contributed by atoms with E-state index >= 15 is 0 Å². The third kappa shape index (κ3) is 7.05. The van der Waals surface area contributed by atoms with Crippen molar-refractivity contribution in [1.82, 2.24) is 10.2 Å². The number of methoxy groups -OCH3 is 1. The number of aromatic nitrogens is 2. The number of para-hydroxylation sites is 2. The first kappa shape index (κ1) is 23.8. The van der Waals surface area contributed by atoms with Crippen molar-refractivity contribution >= 4 is 28.5 Å². The summed E-state index contributed by atoms with van der Waals surface area (Å²) in [4.78, 5) is 12.4. The van der Waals surface area contributed by atoms with E-state index in [4.69, 9.17) is 14.2 Å². The SMILES string of the molecule is CCCc1nnc(NC(=O)/C(C#N)=C\c2ccc(OCCOc3ccccc3OC)cc2)s1. The maximum absolute atomic E-state index is 12.4. The van der Waals surface area contributed by atoms with Crippen LogP contribution in [0.25, 0.3) is 6.08 Å². The van der Waals surface area contributed by atoms with Crippen molar-refractivity contribution in [3.05, 3.63) is 64.7 Å². The Morgan fingerprint density at radius 2 is 1.82 bits per heavy atom. The first-order chi connectivity index (χ1) is 16.1. The second kappa shape index (κ2) is 12.2. The molecule has 1 aromatic heterocycles. The van der Waals surface area contributed by atoms with Crippen LogP contribution in [0.15, 0.2) is 54.1 Å². The summed E-state index contributed by atoms with van der Waals surface area (Å²) in [7, 11) is 1.59. The van der Waals surface area contributed by atoms with E-state index in [2.05, 4.69) is 15.5 Å². The van der Waals surface area contributed by atoms with Crippen molar-refractivity contribution < 1.29 is 19.0 Å². The fourth-order valence-corrected chi connectivity index (χ4v) is 3.64. The number of ether oxygens (including phenoxy) is 3. The Morgan fingerprint density at radius 3 is 2.52 bits per heavy atom. The van der Waals surface area contributed by atoms with Crippen LogP contribution < -0.4 is 19.5 Å². The van der Waals surface area contributed by atoms with Gasteiger partial charge in [-0.3, -0.25) is 10.1 Å². The summed E-state index contributed by atoms with van der Waals surface area (Å²) in [6, 6.07) is 16.4. The van der Waals surface area contributed by atoms with Crippen molar-refractivity contribution in [2.24, 2.45) is 0 Å². The number of nitrogens with zero attached hydrogens (tertiary/aromatic N) is 3. The Kier molecular flexibility index (Phi) is 8.79. The molecule has 0 unspecified atom stereocenters. The summed E-state index contributed by atoms with van der Waals surface area (Å²) in [6.07, 6.45) is 3.26. The monoisotopic (exact) mass is 464 g/mol. The number of hydrogen-bond donors (Lipinski definition) is 1. The number of nitrogens with one attached hydrogen (secondary N) is 1. The highest BCUT2D eigenvalue weighted by molar-refractivity contribution is 7.15. The molecule has 0 bridgehead atoms. The minimum atomic E-state index is -0.523. The topological polar surface area (TPSA) is 106 Å². The fourth-order valence-electron chi connectivity index (χ4n) is 2.81. The summed E-state index contributed by atoms with van der Waals surface area (Å²) in [5, 5.41) is 21.2. The molecule has 3 aromatic rings. The Labute approximate surface area is 196 Å². The molecular formula is C24H24N4O4S. The van der Waals surface area contributed by atoms with Crippen LogP contribution in [-0.2, 0) is 11.2 Å². The minimum absolute atomic E-state index is 0.0267. The van der Waals surface area contributed by atoms with Crippen LogP contribution in [0.3, 0.4) is 0 Å². The number of hydrogen-bond acceptors (Lipinski definition) is 8. The minimum Gasteiger partial charge on any atom is -0.493 e. The molecule has 0 spiro atoms. The molecule has 1 amide bonds.